The summed E-state index contributed by atoms with van der Waals surface area (Å²) in [6.45, 7) is -0.603. The van der Waals surface area contributed by atoms with Gasteiger partial charge in [0.05, 0.1) is 13.7 Å². The van der Waals surface area contributed by atoms with Crippen molar-refractivity contribution in [3.8, 4) is 23.0 Å². The van der Waals surface area contributed by atoms with Crippen LogP contribution in [0.5, 0.6) is 23.0 Å². The molecule has 172 valence electrons. The van der Waals surface area contributed by atoms with Gasteiger partial charge in [-0.05, 0) is 24.3 Å². The van der Waals surface area contributed by atoms with E-state index >= 15 is 0 Å². The lowest BCUT2D eigenvalue weighted by Crippen LogP contribution is -2.60. The van der Waals surface area contributed by atoms with Crippen LogP contribution in [0.1, 0.15) is 17.2 Å². The number of ether oxygens (including phenoxy) is 5. The summed E-state index contributed by atoms with van der Waals surface area (Å²) in [5.41, 5.74) is -0.153. The molecule has 32 heavy (non-hydrogen) atoms. The first-order valence-electron chi connectivity index (χ1n) is 10.2. The fourth-order valence-electron chi connectivity index (χ4n) is 4.34. The smallest absolute Gasteiger partial charge is 0.229 e. The van der Waals surface area contributed by atoms with Crippen molar-refractivity contribution in [1.82, 2.24) is 0 Å². The monoisotopic (exact) mass is 448 g/mol. The third-order valence-corrected chi connectivity index (χ3v) is 6.15. The highest BCUT2D eigenvalue weighted by atomic mass is 16.7. The molecule has 0 spiro atoms. The van der Waals surface area contributed by atoms with Gasteiger partial charge < -0.3 is 49.2 Å². The molecule has 0 amide bonds. The average molecular weight is 448 g/mol. The maximum atomic E-state index is 11.3. The van der Waals surface area contributed by atoms with E-state index in [4.69, 9.17) is 23.7 Å². The molecule has 1 saturated heterocycles. The van der Waals surface area contributed by atoms with Crippen LogP contribution < -0.4 is 18.9 Å². The van der Waals surface area contributed by atoms with Gasteiger partial charge in [0.15, 0.2) is 11.7 Å². The summed E-state index contributed by atoms with van der Waals surface area (Å²) in [4.78, 5) is 0. The highest BCUT2D eigenvalue weighted by Crippen LogP contribution is 2.54. The van der Waals surface area contributed by atoms with Crippen LogP contribution in [0.3, 0.4) is 0 Å². The first kappa shape index (κ1) is 21.3. The normalized spacial score (nSPS) is 35.1. The van der Waals surface area contributed by atoms with Crippen LogP contribution in [0.4, 0.5) is 0 Å². The number of hydrogen-bond donors (Lipinski definition) is 5. The molecule has 10 nitrogen and oxygen atoms in total. The molecule has 5 N–H and O–H groups in total. The average Bonchev–Trinajstić information content (AvgIpc) is 3.11. The van der Waals surface area contributed by atoms with Crippen LogP contribution in [-0.2, 0) is 10.3 Å². The van der Waals surface area contributed by atoms with Gasteiger partial charge in [-0.1, -0.05) is 0 Å². The van der Waals surface area contributed by atoms with Crippen molar-refractivity contribution in [3.05, 3.63) is 47.5 Å². The van der Waals surface area contributed by atoms with Crippen LogP contribution in [0.2, 0.25) is 0 Å². The van der Waals surface area contributed by atoms with Crippen molar-refractivity contribution in [2.75, 3.05) is 20.3 Å². The first-order chi connectivity index (χ1) is 15.4. The van der Waals surface area contributed by atoms with E-state index in [9.17, 15) is 25.5 Å². The van der Waals surface area contributed by atoms with Crippen molar-refractivity contribution < 1.29 is 49.2 Å². The predicted molar refractivity (Wildman–Crippen MR) is 107 cm³/mol. The van der Waals surface area contributed by atoms with Gasteiger partial charge in [-0.2, -0.15) is 0 Å². The van der Waals surface area contributed by atoms with Gasteiger partial charge in [-0.15, -0.1) is 0 Å². The van der Waals surface area contributed by atoms with Gasteiger partial charge in [0, 0.05) is 23.3 Å². The van der Waals surface area contributed by atoms with Gasteiger partial charge >= 0.3 is 0 Å². The molecular formula is C22H24O10. The lowest BCUT2D eigenvalue weighted by Gasteiger charge is -2.39. The van der Waals surface area contributed by atoms with Crippen LogP contribution in [0, 0.1) is 0 Å². The molecule has 0 radical (unpaired) electrons. The van der Waals surface area contributed by atoms with E-state index in [0.717, 1.165) is 0 Å². The maximum Gasteiger partial charge on any atom is 0.229 e. The quantitative estimate of drug-likeness (QED) is 0.418. The van der Waals surface area contributed by atoms with Crippen molar-refractivity contribution >= 4 is 0 Å². The number of rotatable bonds is 4. The highest BCUT2D eigenvalue weighted by Gasteiger charge is 2.53. The Morgan fingerprint density at radius 3 is 2.50 bits per heavy atom. The molecule has 2 aromatic rings. The summed E-state index contributed by atoms with van der Waals surface area (Å²) in [5.74, 6) is 1.79. The second-order valence-corrected chi connectivity index (χ2v) is 8.09. The van der Waals surface area contributed by atoms with Gasteiger partial charge in [-0.25, -0.2) is 0 Å². The molecule has 3 aliphatic heterocycles. The summed E-state index contributed by atoms with van der Waals surface area (Å²) in [6.07, 6.45) is -7.64. The Labute approximate surface area is 183 Å². The SMILES string of the molecule is COc1ccc2c(c1)O[C@H]1c3ccc(O[C@@H]4O[C@H](CO)[C@@H](O)[C@H](O)[C@H]4O)cc3OC[C@@]21O. The van der Waals surface area contributed by atoms with E-state index in [1.54, 1.807) is 43.5 Å². The highest BCUT2D eigenvalue weighted by molar-refractivity contribution is 5.54. The lowest BCUT2D eigenvalue weighted by molar-refractivity contribution is -0.277. The number of benzene rings is 2. The number of aliphatic hydroxyl groups excluding tert-OH is 4. The topological polar surface area (TPSA) is 147 Å². The minimum absolute atomic E-state index is 0.0481. The van der Waals surface area contributed by atoms with Crippen LogP contribution in [0.25, 0.3) is 0 Å². The lowest BCUT2D eigenvalue weighted by atomic mass is 9.85. The Balaban J connectivity index is 1.39. The van der Waals surface area contributed by atoms with Crippen molar-refractivity contribution in [1.29, 1.82) is 0 Å². The van der Waals surface area contributed by atoms with E-state index in [2.05, 4.69) is 0 Å². The molecule has 0 unspecified atom stereocenters. The molecule has 0 aliphatic carbocycles. The molecule has 0 aromatic heterocycles. The molecule has 0 saturated carbocycles. The molecule has 0 bridgehead atoms. The standard InChI is InChI=1S/C22H24O10/c1-28-10-3-5-13-15(6-10)31-20-12-4-2-11(7-14(12)29-9-22(13,20)27)30-21-19(26)18(25)17(24)16(8-23)32-21/h2-7,16-21,23-27H,8-9H2,1H3/t16-,17-,18+,19-,20+,21-,22-/m1/s1. The summed E-state index contributed by atoms with van der Waals surface area (Å²) < 4.78 is 28.1. The van der Waals surface area contributed by atoms with Crippen molar-refractivity contribution in [3.63, 3.8) is 0 Å². The molecule has 7 atom stereocenters. The van der Waals surface area contributed by atoms with E-state index < -0.39 is 49.0 Å². The van der Waals surface area contributed by atoms with Crippen LogP contribution in [0.15, 0.2) is 36.4 Å². The second-order valence-electron chi connectivity index (χ2n) is 8.09. The van der Waals surface area contributed by atoms with Gasteiger partial charge in [0.1, 0.15) is 54.0 Å². The predicted octanol–water partition coefficient (Wildman–Crippen LogP) is -0.412. The number of methoxy groups -OCH3 is 1. The minimum Gasteiger partial charge on any atom is -0.497 e. The van der Waals surface area contributed by atoms with Gasteiger partial charge in [0.2, 0.25) is 6.29 Å². The summed E-state index contributed by atoms with van der Waals surface area (Å²) in [5, 5.41) is 50.7. The fraction of sp³-hybridized carbons (Fsp3) is 0.455. The van der Waals surface area contributed by atoms with Crippen molar-refractivity contribution in [2.45, 2.75) is 42.4 Å². The number of aliphatic hydroxyl groups is 5. The number of hydrogen-bond acceptors (Lipinski definition) is 10. The Morgan fingerprint density at radius 2 is 1.75 bits per heavy atom. The molecule has 1 fully saturated rings. The van der Waals surface area contributed by atoms with Gasteiger partial charge in [0.25, 0.3) is 0 Å². The molecule has 10 heteroatoms. The Bertz CT molecular complexity index is 1010. The van der Waals surface area contributed by atoms with E-state index in [0.29, 0.717) is 28.4 Å². The van der Waals surface area contributed by atoms with Gasteiger partial charge in [-0.3, -0.25) is 0 Å². The third kappa shape index (κ3) is 3.19. The van der Waals surface area contributed by atoms with E-state index in [1.807, 2.05) is 0 Å². The van der Waals surface area contributed by atoms with Crippen LogP contribution in [-0.4, -0.2) is 76.6 Å². The Hall–Kier alpha value is -2.60. The Kier molecular flexibility index (Phi) is 5.16. The molecule has 5 rings (SSSR count). The largest absolute Gasteiger partial charge is 0.497 e. The molecule has 3 aliphatic rings. The second kappa shape index (κ2) is 7.77. The molecule has 3 heterocycles. The first-order valence-corrected chi connectivity index (χ1v) is 10.2. The third-order valence-electron chi connectivity index (χ3n) is 6.15. The van der Waals surface area contributed by atoms with E-state index in [-0.39, 0.29) is 12.4 Å². The summed E-state index contributed by atoms with van der Waals surface area (Å²) in [7, 11) is 1.55. The van der Waals surface area contributed by atoms with E-state index in [1.165, 1.54) is 0 Å². The molecular weight excluding hydrogens is 424 g/mol. The maximum absolute atomic E-state index is 11.3. The van der Waals surface area contributed by atoms with Crippen LogP contribution >= 0.6 is 0 Å². The Morgan fingerprint density at radius 1 is 1.00 bits per heavy atom. The zero-order valence-electron chi connectivity index (χ0n) is 17.1. The fourth-order valence-corrected chi connectivity index (χ4v) is 4.34. The summed E-state index contributed by atoms with van der Waals surface area (Å²) in [6, 6.07) is 10.0. The number of fused-ring (bicyclic) bond motifs is 5. The minimum atomic E-state index is -1.54. The summed E-state index contributed by atoms with van der Waals surface area (Å²) >= 11 is 0. The zero-order chi connectivity index (χ0) is 22.6. The van der Waals surface area contributed by atoms with Crippen molar-refractivity contribution in [2.24, 2.45) is 0 Å². The molecule has 2 aromatic carbocycles. The zero-order valence-corrected chi connectivity index (χ0v) is 17.1.